The van der Waals surface area contributed by atoms with Crippen molar-refractivity contribution in [2.45, 2.75) is 33.4 Å². The average molecular weight is 220 g/mol. The molecule has 0 aliphatic carbocycles. The second-order valence-electron chi connectivity index (χ2n) is 4.61. The van der Waals surface area contributed by atoms with Crippen molar-refractivity contribution in [2.24, 2.45) is 5.92 Å². The normalized spacial score (nSPS) is 13.1. The number of hydrogen-bond donors (Lipinski definition) is 0. The lowest BCUT2D eigenvalue weighted by molar-refractivity contribution is 0.298. The van der Waals surface area contributed by atoms with Crippen LogP contribution in [0.15, 0.2) is 12.3 Å². The van der Waals surface area contributed by atoms with Crippen LogP contribution in [0.1, 0.15) is 32.5 Å². The van der Waals surface area contributed by atoms with Gasteiger partial charge in [-0.2, -0.15) is 10.4 Å². The summed E-state index contributed by atoms with van der Waals surface area (Å²) in [5.74, 6) is 0.0668. The Kier molecular flexibility index (Phi) is 4.51. The van der Waals surface area contributed by atoms with Gasteiger partial charge in [0.15, 0.2) is 0 Å². The SMILES string of the molecule is CC(C#N)CN(C)Cc1ccn(C(C)C)n1. The number of rotatable bonds is 5. The zero-order valence-corrected chi connectivity index (χ0v) is 10.5. The molecule has 1 unspecified atom stereocenters. The largest absolute Gasteiger partial charge is 0.299 e. The standard InChI is InChI=1S/C12H20N4/c1-10(2)16-6-5-12(14-16)9-15(4)8-11(3)7-13/h5-6,10-11H,8-9H2,1-4H3. The summed E-state index contributed by atoms with van der Waals surface area (Å²) >= 11 is 0. The molecule has 0 saturated carbocycles. The summed E-state index contributed by atoms with van der Waals surface area (Å²) in [4.78, 5) is 2.13. The van der Waals surface area contributed by atoms with Gasteiger partial charge in [-0.3, -0.25) is 9.58 Å². The molecule has 0 bridgehead atoms. The van der Waals surface area contributed by atoms with Crippen LogP contribution in [0.25, 0.3) is 0 Å². The van der Waals surface area contributed by atoms with Gasteiger partial charge in [-0.25, -0.2) is 0 Å². The van der Waals surface area contributed by atoms with Gasteiger partial charge in [-0.15, -0.1) is 0 Å². The molecule has 0 aromatic carbocycles. The Hall–Kier alpha value is -1.34. The molecule has 16 heavy (non-hydrogen) atoms. The smallest absolute Gasteiger partial charge is 0.0764 e. The summed E-state index contributed by atoms with van der Waals surface area (Å²) in [7, 11) is 2.02. The van der Waals surface area contributed by atoms with E-state index in [1.54, 1.807) is 0 Å². The Balaban J connectivity index is 2.50. The Bertz CT molecular complexity index is 361. The molecule has 0 aliphatic heterocycles. The van der Waals surface area contributed by atoms with E-state index < -0.39 is 0 Å². The van der Waals surface area contributed by atoms with Gasteiger partial charge in [0.2, 0.25) is 0 Å². The van der Waals surface area contributed by atoms with E-state index in [9.17, 15) is 0 Å². The minimum Gasteiger partial charge on any atom is -0.299 e. The summed E-state index contributed by atoms with van der Waals surface area (Å²) in [5, 5.41) is 13.2. The minimum absolute atomic E-state index is 0.0668. The third kappa shape index (κ3) is 3.67. The zero-order valence-electron chi connectivity index (χ0n) is 10.5. The Morgan fingerprint density at radius 1 is 1.50 bits per heavy atom. The lowest BCUT2D eigenvalue weighted by Gasteiger charge is -2.16. The van der Waals surface area contributed by atoms with Crippen molar-refractivity contribution in [3.05, 3.63) is 18.0 Å². The highest BCUT2D eigenvalue weighted by atomic mass is 15.3. The topological polar surface area (TPSA) is 44.9 Å². The van der Waals surface area contributed by atoms with Gasteiger partial charge in [0.05, 0.1) is 17.7 Å². The van der Waals surface area contributed by atoms with E-state index >= 15 is 0 Å². The lowest BCUT2D eigenvalue weighted by atomic mass is 10.2. The van der Waals surface area contributed by atoms with E-state index in [1.807, 2.05) is 30.9 Å². The molecule has 1 rings (SSSR count). The van der Waals surface area contributed by atoms with Crippen molar-refractivity contribution in [3.8, 4) is 6.07 Å². The molecule has 1 atom stereocenters. The van der Waals surface area contributed by atoms with Gasteiger partial charge >= 0.3 is 0 Å². The van der Waals surface area contributed by atoms with Crippen LogP contribution in [0.5, 0.6) is 0 Å². The zero-order chi connectivity index (χ0) is 12.1. The van der Waals surface area contributed by atoms with E-state index in [0.717, 1.165) is 18.8 Å². The summed E-state index contributed by atoms with van der Waals surface area (Å²) < 4.78 is 1.96. The van der Waals surface area contributed by atoms with Gasteiger partial charge in [0.1, 0.15) is 0 Å². The van der Waals surface area contributed by atoms with Crippen LogP contribution in [0, 0.1) is 17.2 Å². The van der Waals surface area contributed by atoms with E-state index in [4.69, 9.17) is 5.26 Å². The quantitative estimate of drug-likeness (QED) is 0.763. The highest BCUT2D eigenvalue weighted by molar-refractivity contribution is 4.99. The van der Waals surface area contributed by atoms with Crippen LogP contribution >= 0.6 is 0 Å². The molecule has 1 aromatic heterocycles. The monoisotopic (exact) mass is 220 g/mol. The van der Waals surface area contributed by atoms with Crippen molar-refractivity contribution in [3.63, 3.8) is 0 Å². The molecule has 4 heteroatoms. The van der Waals surface area contributed by atoms with Gasteiger partial charge in [-0.05, 0) is 33.9 Å². The molecule has 0 saturated heterocycles. The van der Waals surface area contributed by atoms with Gasteiger partial charge in [0.25, 0.3) is 0 Å². The number of aromatic nitrogens is 2. The van der Waals surface area contributed by atoms with Crippen LogP contribution in [-0.4, -0.2) is 28.3 Å². The Morgan fingerprint density at radius 2 is 2.19 bits per heavy atom. The first-order chi connectivity index (χ1) is 7.52. The number of nitrogens with zero attached hydrogens (tertiary/aromatic N) is 4. The van der Waals surface area contributed by atoms with Crippen LogP contribution < -0.4 is 0 Å². The summed E-state index contributed by atoms with van der Waals surface area (Å²) in [6, 6.07) is 4.67. The third-order valence-corrected chi connectivity index (χ3v) is 2.43. The van der Waals surface area contributed by atoms with Crippen LogP contribution in [0.4, 0.5) is 0 Å². The highest BCUT2D eigenvalue weighted by Crippen LogP contribution is 2.07. The maximum absolute atomic E-state index is 8.73. The lowest BCUT2D eigenvalue weighted by Crippen LogP contribution is -2.23. The number of nitriles is 1. The van der Waals surface area contributed by atoms with Crippen molar-refractivity contribution in [1.29, 1.82) is 5.26 Å². The Labute approximate surface area is 97.5 Å². The minimum atomic E-state index is 0.0668. The molecule has 1 aromatic rings. The molecule has 0 spiro atoms. The molecular formula is C12H20N4. The first-order valence-electron chi connectivity index (χ1n) is 5.65. The first kappa shape index (κ1) is 12.7. The molecular weight excluding hydrogens is 200 g/mol. The van der Waals surface area contributed by atoms with Gasteiger partial charge < -0.3 is 0 Å². The molecule has 0 amide bonds. The number of hydrogen-bond acceptors (Lipinski definition) is 3. The Morgan fingerprint density at radius 3 is 2.69 bits per heavy atom. The predicted octanol–water partition coefficient (Wildman–Crippen LogP) is 2.06. The molecule has 0 aliphatic rings. The van der Waals surface area contributed by atoms with Crippen LogP contribution in [-0.2, 0) is 6.54 Å². The van der Waals surface area contributed by atoms with E-state index in [0.29, 0.717) is 6.04 Å². The van der Waals surface area contributed by atoms with E-state index in [-0.39, 0.29) is 5.92 Å². The van der Waals surface area contributed by atoms with E-state index in [1.165, 1.54) is 0 Å². The predicted molar refractivity (Wildman–Crippen MR) is 63.7 cm³/mol. The molecule has 88 valence electrons. The van der Waals surface area contributed by atoms with Crippen molar-refractivity contribution in [1.82, 2.24) is 14.7 Å². The highest BCUT2D eigenvalue weighted by Gasteiger charge is 2.08. The first-order valence-corrected chi connectivity index (χ1v) is 5.65. The summed E-state index contributed by atoms with van der Waals surface area (Å²) in [6.45, 7) is 7.73. The maximum Gasteiger partial charge on any atom is 0.0764 e. The molecule has 0 fully saturated rings. The van der Waals surface area contributed by atoms with Gasteiger partial charge in [0, 0.05) is 25.3 Å². The average Bonchev–Trinajstić information content (AvgIpc) is 2.65. The fraction of sp³-hybridized carbons (Fsp3) is 0.667. The second kappa shape index (κ2) is 5.66. The van der Waals surface area contributed by atoms with Crippen molar-refractivity contribution in [2.75, 3.05) is 13.6 Å². The van der Waals surface area contributed by atoms with Crippen LogP contribution in [0.2, 0.25) is 0 Å². The molecule has 1 heterocycles. The third-order valence-electron chi connectivity index (χ3n) is 2.43. The second-order valence-corrected chi connectivity index (χ2v) is 4.61. The maximum atomic E-state index is 8.73. The molecule has 0 N–H and O–H groups in total. The molecule has 0 radical (unpaired) electrons. The fourth-order valence-electron chi connectivity index (χ4n) is 1.60. The van der Waals surface area contributed by atoms with Crippen LogP contribution in [0.3, 0.4) is 0 Å². The summed E-state index contributed by atoms with van der Waals surface area (Å²) in [6.07, 6.45) is 2.00. The fourth-order valence-corrected chi connectivity index (χ4v) is 1.60. The van der Waals surface area contributed by atoms with Gasteiger partial charge in [-0.1, -0.05) is 0 Å². The summed E-state index contributed by atoms with van der Waals surface area (Å²) in [5.41, 5.74) is 1.06. The van der Waals surface area contributed by atoms with Crippen molar-refractivity contribution < 1.29 is 0 Å². The van der Waals surface area contributed by atoms with Crippen molar-refractivity contribution >= 4 is 0 Å². The van der Waals surface area contributed by atoms with E-state index in [2.05, 4.69) is 29.9 Å². The molecule has 4 nitrogen and oxygen atoms in total.